The van der Waals surface area contributed by atoms with Gasteiger partial charge < -0.3 is 16.4 Å². The van der Waals surface area contributed by atoms with Crippen LogP contribution in [-0.4, -0.2) is 12.5 Å². The van der Waals surface area contributed by atoms with E-state index in [1.807, 2.05) is 65.6 Å². The standard InChI is InChI=1S/C25H27N3O/c1-2-3-6-17-28-23-8-5-4-7-22(23)25(24(28)29,18-9-13-20(26)14-10-18)19-11-15-21(27)16-12-19/h4-5,7-16H,2-3,6,17,26-27H2,1H3. The number of fused-ring (bicyclic) bond motifs is 1. The summed E-state index contributed by atoms with van der Waals surface area (Å²) in [5, 5.41) is 0. The maximum absolute atomic E-state index is 14.1. The lowest BCUT2D eigenvalue weighted by molar-refractivity contribution is -0.120. The van der Waals surface area contributed by atoms with E-state index in [4.69, 9.17) is 11.5 Å². The molecule has 148 valence electrons. The van der Waals surface area contributed by atoms with Crippen LogP contribution in [0.5, 0.6) is 0 Å². The van der Waals surface area contributed by atoms with Crippen molar-refractivity contribution in [1.29, 1.82) is 0 Å². The van der Waals surface area contributed by atoms with E-state index in [-0.39, 0.29) is 5.91 Å². The van der Waals surface area contributed by atoms with Gasteiger partial charge in [-0.15, -0.1) is 0 Å². The fourth-order valence-corrected chi connectivity index (χ4v) is 4.39. The first-order valence-corrected chi connectivity index (χ1v) is 10.2. The number of carbonyl (C=O) groups excluding carboxylic acids is 1. The Labute approximate surface area is 172 Å². The van der Waals surface area contributed by atoms with Gasteiger partial charge >= 0.3 is 0 Å². The predicted octanol–water partition coefficient (Wildman–Crippen LogP) is 4.72. The summed E-state index contributed by atoms with van der Waals surface area (Å²) in [6, 6.07) is 23.5. The number of nitrogens with zero attached hydrogens (tertiary/aromatic N) is 1. The normalized spacial score (nSPS) is 14.8. The number of nitrogen functional groups attached to an aromatic ring is 2. The second kappa shape index (κ2) is 7.63. The zero-order valence-electron chi connectivity index (χ0n) is 16.8. The van der Waals surface area contributed by atoms with Gasteiger partial charge in [-0.05, 0) is 47.9 Å². The maximum Gasteiger partial charge on any atom is 0.246 e. The predicted molar refractivity (Wildman–Crippen MR) is 120 cm³/mol. The first kappa shape index (κ1) is 19.1. The van der Waals surface area contributed by atoms with Crippen LogP contribution in [0, 0.1) is 0 Å². The van der Waals surface area contributed by atoms with Crippen LogP contribution in [0.1, 0.15) is 42.9 Å². The summed E-state index contributed by atoms with van der Waals surface area (Å²) in [4.78, 5) is 16.1. The zero-order valence-corrected chi connectivity index (χ0v) is 16.8. The molecular weight excluding hydrogens is 358 g/mol. The molecule has 4 N–H and O–H groups in total. The molecule has 1 aliphatic rings. The number of carbonyl (C=O) groups is 1. The molecule has 0 atom stereocenters. The van der Waals surface area contributed by atoms with Gasteiger partial charge in [0.2, 0.25) is 5.91 Å². The van der Waals surface area contributed by atoms with Crippen molar-refractivity contribution in [3.8, 4) is 0 Å². The number of anilines is 3. The Balaban J connectivity index is 1.96. The highest BCUT2D eigenvalue weighted by Gasteiger charge is 2.52. The van der Waals surface area contributed by atoms with Crippen LogP contribution in [0.2, 0.25) is 0 Å². The molecule has 3 aromatic rings. The summed E-state index contributed by atoms with van der Waals surface area (Å²) >= 11 is 0. The fourth-order valence-electron chi connectivity index (χ4n) is 4.39. The number of hydrogen-bond acceptors (Lipinski definition) is 3. The average molecular weight is 386 g/mol. The number of benzene rings is 3. The minimum absolute atomic E-state index is 0.0874. The molecule has 3 aromatic carbocycles. The van der Waals surface area contributed by atoms with Crippen LogP contribution in [0.25, 0.3) is 0 Å². The van der Waals surface area contributed by atoms with Gasteiger partial charge in [0, 0.05) is 29.2 Å². The van der Waals surface area contributed by atoms with E-state index in [9.17, 15) is 4.79 Å². The number of unbranched alkanes of at least 4 members (excludes halogenated alkanes) is 2. The molecule has 0 saturated heterocycles. The summed E-state index contributed by atoms with van der Waals surface area (Å²) in [5.74, 6) is 0.0874. The van der Waals surface area contributed by atoms with Crippen molar-refractivity contribution in [2.45, 2.75) is 31.6 Å². The van der Waals surface area contributed by atoms with Gasteiger partial charge in [0.25, 0.3) is 0 Å². The lowest BCUT2D eigenvalue weighted by Gasteiger charge is -2.30. The Morgan fingerprint density at radius 1 is 0.793 bits per heavy atom. The lowest BCUT2D eigenvalue weighted by atomic mass is 9.70. The summed E-state index contributed by atoms with van der Waals surface area (Å²) < 4.78 is 0. The molecule has 1 heterocycles. The van der Waals surface area contributed by atoms with E-state index in [0.717, 1.165) is 48.2 Å². The van der Waals surface area contributed by atoms with Crippen molar-refractivity contribution in [3.63, 3.8) is 0 Å². The Morgan fingerprint density at radius 2 is 1.34 bits per heavy atom. The minimum Gasteiger partial charge on any atom is -0.399 e. The lowest BCUT2D eigenvalue weighted by Crippen LogP contribution is -2.42. The van der Waals surface area contributed by atoms with Gasteiger partial charge in [-0.25, -0.2) is 0 Å². The highest BCUT2D eigenvalue weighted by Crippen LogP contribution is 2.50. The van der Waals surface area contributed by atoms with Crippen LogP contribution in [-0.2, 0) is 10.2 Å². The maximum atomic E-state index is 14.1. The zero-order chi connectivity index (χ0) is 20.4. The van der Waals surface area contributed by atoms with Crippen LogP contribution in [0.4, 0.5) is 17.1 Å². The molecule has 0 unspecified atom stereocenters. The van der Waals surface area contributed by atoms with Crippen molar-refractivity contribution in [2.24, 2.45) is 0 Å². The topological polar surface area (TPSA) is 72.3 Å². The quantitative estimate of drug-likeness (QED) is 0.476. The molecule has 1 aliphatic heterocycles. The number of para-hydroxylation sites is 1. The van der Waals surface area contributed by atoms with Gasteiger partial charge in [-0.2, -0.15) is 0 Å². The largest absolute Gasteiger partial charge is 0.399 e. The number of nitrogens with two attached hydrogens (primary N) is 2. The molecule has 0 bridgehead atoms. The van der Waals surface area contributed by atoms with Gasteiger partial charge in [0.1, 0.15) is 5.41 Å². The summed E-state index contributed by atoms with van der Waals surface area (Å²) in [7, 11) is 0. The minimum atomic E-state index is -0.899. The third-order valence-corrected chi connectivity index (χ3v) is 5.84. The van der Waals surface area contributed by atoms with Crippen molar-refractivity contribution >= 4 is 23.0 Å². The van der Waals surface area contributed by atoms with Crippen LogP contribution in [0.15, 0.2) is 72.8 Å². The highest BCUT2D eigenvalue weighted by molar-refractivity contribution is 6.13. The van der Waals surface area contributed by atoms with E-state index in [0.29, 0.717) is 11.4 Å². The molecule has 0 aromatic heterocycles. The monoisotopic (exact) mass is 385 g/mol. The Morgan fingerprint density at radius 3 is 1.90 bits per heavy atom. The smallest absolute Gasteiger partial charge is 0.246 e. The van der Waals surface area contributed by atoms with E-state index in [1.165, 1.54) is 0 Å². The van der Waals surface area contributed by atoms with Gasteiger partial charge in [0.15, 0.2) is 0 Å². The second-order valence-corrected chi connectivity index (χ2v) is 7.68. The Bertz CT molecular complexity index is 963. The molecule has 0 spiro atoms. The van der Waals surface area contributed by atoms with E-state index in [2.05, 4.69) is 19.1 Å². The fraction of sp³-hybridized carbons (Fsp3) is 0.240. The Kier molecular flexibility index (Phi) is 5.01. The van der Waals surface area contributed by atoms with E-state index in [1.54, 1.807) is 0 Å². The number of rotatable bonds is 6. The molecule has 29 heavy (non-hydrogen) atoms. The van der Waals surface area contributed by atoms with Crippen molar-refractivity contribution in [2.75, 3.05) is 22.9 Å². The Hall–Kier alpha value is -3.27. The van der Waals surface area contributed by atoms with E-state index < -0.39 is 5.41 Å². The average Bonchev–Trinajstić information content (AvgIpc) is 2.99. The number of amides is 1. The molecule has 0 aliphatic carbocycles. The van der Waals surface area contributed by atoms with Crippen LogP contribution in [0.3, 0.4) is 0 Å². The molecule has 1 amide bonds. The van der Waals surface area contributed by atoms with Crippen LogP contribution >= 0.6 is 0 Å². The molecule has 4 heteroatoms. The van der Waals surface area contributed by atoms with Crippen molar-refractivity contribution in [1.82, 2.24) is 0 Å². The molecular formula is C25H27N3O. The molecule has 0 radical (unpaired) electrons. The van der Waals surface area contributed by atoms with Crippen molar-refractivity contribution in [3.05, 3.63) is 89.5 Å². The summed E-state index contributed by atoms with van der Waals surface area (Å²) in [6.45, 7) is 2.89. The SMILES string of the molecule is CCCCCN1C(=O)C(c2ccc(N)cc2)(c2ccc(N)cc2)c2ccccc21. The third-order valence-electron chi connectivity index (χ3n) is 5.84. The van der Waals surface area contributed by atoms with Gasteiger partial charge in [-0.3, -0.25) is 4.79 Å². The van der Waals surface area contributed by atoms with Gasteiger partial charge in [-0.1, -0.05) is 62.2 Å². The number of hydrogen-bond donors (Lipinski definition) is 2. The van der Waals surface area contributed by atoms with E-state index >= 15 is 0 Å². The van der Waals surface area contributed by atoms with Crippen LogP contribution < -0.4 is 16.4 Å². The molecule has 4 nitrogen and oxygen atoms in total. The van der Waals surface area contributed by atoms with Crippen molar-refractivity contribution < 1.29 is 4.79 Å². The molecule has 0 fully saturated rings. The summed E-state index contributed by atoms with van der Waals surface area (Å²) in [5.41, 5.74) is 16.2. The second-order valence-electron chi connectivity index (χ2n) is 7.68. The first-order valence-electron chi connectivity index (χ1n) is 10.2. The molecule has 0 saturated carbocycles. The highest BCUT2D eigenvalue weighted by atomic mass is 16.2. The third kappa shape index (κ3) is 3.05. The summed E-state index contributed by atoms with van der Waals surface area (Å²) in [6.07, 6.45) is 3.20. The first-order chi connectivity index (χ1) is 14.1. The van der Waals surface area contributed by atoms with Gasteiger partial charge in [0.05, 0.1) is 0 Å². The molecule has 4 rings (SSSR count).